The first-order valence-electron chi connectivity index (χ1n) is 4.93. The Morgan fingerprint density at radius 1 is 1.29 bits per heavy atom. The molecule has 5 nitrogen and oxygen atoms in total. The molecule has 0 radical (unpaired) electrons. The van der Waals surface area contributed by atoms with Crippen LogP contribution in [0.2, 0.25) is 0 Å². The number of hydroxylamine groups is 1. The first kappa shape index (κ1) is 11.2. The molecule has 2 rings (SSSR count). The third-order valence-electron chi connectivity index (χ3n) is 2.24. The number of furan rings is 1. The summed E-state index contributed by atoms with van der Waals surface area (Å²) in [7, 11) is 1.54. The Hall–Kier alpha value is -2.27. The summed E-state index contributed by atoms with van der Waals surface area (Å²) in [6.07, 6.45) is 1.37. The quantitative estimate of drug-likeness (QED) is 0.652. The fourth-order valence-electron chi connectivity index (χ4n) is 1.35. The lowest BCUT2D eigenvalue weighted by Gasteiger charge is -2.13. The number of ether oxygens (including phenoxy) is 1. The van der Waals surface area contributed by atoms with Crippen molar-refractivity contribution < 1.29 is 19.2 Å². The molecule has 0 bridgehead atoms. The van der Waals surface area contributed by atoms with E-state index in [0.717, 1.165) is 0 Å². The van der Waals surface area contributed by atoms with Crippen LogP contribution in [0.4, 0.5) is 5.69 Å². The summed E-state index contributed by atoms with van der Waals surface area (Å²) in [5.74, 6) is 0.0936. The van der Waals surface area contributed by atoms with Crippen LogP contribution in [0.3, 0.4) is 0 Å². The van der Waals surface area contributed by atoms with E-state index in [4.69, 9.17) is 9.15 Å². The zero-order valence-corrected chi connectivity index (χ0v) is 9.16. The molecule has 1 N–H and O–H groups in total. The molecule has 0 spiro atoms. The van der Waals surface area contributed by atoms with Crippen LogP contribution in [0, 0.1) is 0 Å². The normalized spacial score (nSPS) is 10.0. The Morgan fingerprint density at radius 2 is 2.00 bits per heavy atom. The Morgan fingerprint density at radius 3 is 2.53 bits per heavy atom. The number of methoxy groups -OCH3 is 1. The minimum atomic E-state index is -0.625. The van der Waals surface area contributed by atoms with Crippen LogP contribution >= 0.6 is 0 Å². The van der Waals surface area contributed by atoms with Gasteiger partial charge in [-0.15, -0.1) is 0 Å². The van der Waals surface area contributed by atoms with Gasteiger partial charge >= 0.3 is 5.91 Å². The molecule has 1 amide bonds. The molecule has 0 aliphatic rings. The van der Waals surface area contributed by atoms with Crippen LogP contribution in [0.5, 0.6) is 5.75 Å². The van der Waals surface area contributed by atoms with Crippen molar-refractivity contribution in [1.29, 1.82) is 0 Å². The Balaban J connectivity index is 2.19. The summed E-state index contributed by atoms with van der Waals surface area (Å²) >= 11 is 0. The number of benzene rings is 1. The highest BCUT2D eigenvalue weighted by Gasteiger charge is 2.17. The molecule has 88 valence electrons. The lowest BCUT2D eigenvalue weighted by Crippen LogP contribution is -2.26. The summed E-state index contributed by atoms with van der Waals surface area (Å²) in [4.78, 5) is 11.7. The maximum absolute atomic E-state index is 11.7. The van der Waals surface area contributed by atoms with E-state index >= 15 is 0 Å². The van der Waals surface area contributed by atoms with Crippen LogP contribution < -0.4 is 9.80 Å². The van der Waals surface area contributed by atoms with Crippen molar-refractivity contribution in [3.05, 3.63) is 48.4 Å². The van der Waals surface area contributed by atoms with Crippen LogP contribution in [-0.4, -0.2) is 18.2 Å². The standard InChI is InChI=1S/C12H11NO4/c1-16-10-6-4-9(5-7-10)13(15)12(14)11-3-2-8-17-11/h2-8,15H,1H3. The molecule has 1 heterocycles. The van der Waals surface area contributed by atoms with Gasteiger partial charge in [0.05, 0.1) is 19.1 Å². The largest absolute Gasteiger partial charge is 0.497 e. The number of rotatable bonds is 3. The van der Waals surface area contributed by atoms with Gasteiger partial charge < -0.3 is 9.15 Å². The Bertz CT molecular complexity index is 490. The molecule has 0 atom stereocenters. The third-order valence-corrected chi connectivity index (χ3v) is 2.24. The molecule has 1 aromatic carbocycles. The number of hydrogen-bond donors (Lipinski definition) is 1. The zero-order chi connectivity index (χ0) is 12.3. The minimum absolute atomic E-state index is 0.0725. The summed E-state index contributed by atoms with van der Waals surface area (Å²) < 4.78 is 9.88. The molecule has 0 aliphatic carbocycles. The zero-order valence-electron chi connectivity index (χ0n) is 9.16. The number of hydrogen-bond acceptors (Lipinski definition) is 4. The molecule has 0 saturated heterocycles. The smallest absolute Gasteiger partial charge is 0.317 e. The SMILES string of the molecule is COc1ccc(N(O)C(=O)c2ccco2)cc1. The van der Waals surface area contributed by atoms with Gasteiger partial charge in [0.2, 0.25) is 0 Å². The van der Waals surface area contributed by atoms with Crippen molar-refractivity contribution in [2.45, 2.75) is 0 Å². The monoisotopic (exact) mass is 233 g/mol. The lowest BCUT2D eigenvalue weighted by atomic mass is 10.3. The van der Waals surface area contributed by atoms with Crippen molar-refractivity contribution in [2.24, 2.45) is 0 Å². The van der Waals surface area contributed by atoms with Gasteiger partial charge in [-0.05, 0) is 36.4 Å². The van der Waals surface area contributed by atoms with Crippen molar-refractivity contribution in [1.82, 2.24) is 0 Å². The van der Waals surface area contributed by atoms with Gasteiger partial charge in [0.1, 0.15) is 5.75 Å². The predicted molar refractivity (Wildman–Crippen MR) is 60.3 cm³/mol. The topological polar surface area (TPSA) is 62.9 Å². The predicted octanol–water partition coefficient (Wildman–Crippen LogP) is 2.32. The molecular formula is C12H11NO4. The molecule has 0 fully saturated rings. The number of carbonyl (C=O) groups excluding carboxylic acids is 1. The van der Waals surface area contributed by atoms with Gasteiger partial charge in [-0.2, -0.15) is 5.06 Å². The minimum Gasteiger partial charge on any atom is -0.497 e. The first-order chi connectivity index (χ1) is 8.22. The maximum atomic E-state index is 11.7. The highest BCUT2D eigenvalue weighted by molar-refractivity contribution is 6.02. The molecule has 0 saturated carbocycles. The molecular weight excluding hydrogens is 222 g/mol. The molecule has 0 unspecified atom stereocenters. The van der Waals surface area contributed by atoms with E-state index in [1.165, 1.54) is 12.3 Å². The number of nitrogens with zero attached hydrogens (tertiary/aromatic N) is 1. The number of carbonyl (C=O) groups is 1. The fourth-order valence-corrected chi connectivity index (χ4v) is 1.35. The van der Waals surface area contributed by atoms with E-state index in [2.05, 4.69) is 0 Å². The van der Waals surface area contributed by atoms with Gasteiger partial charge in [0, 0.05) is 0 Å². The van der Waals surface area contributed by atoms with Gasteiger partial charge in [-0.3, -0.25) is 10.0 Å². The molecule has 5 heteroatoms. The average molecular weight is 233 g/mol. The second-order valence-electron chi connectivity index (χ2n) is 3.29. The second-order valence-corrected chi connectivity index (χ2v) is 3.29. The first-order valence-corrected chi connectivity index (χ1v) is 4.93. The third kappa shape index (κ3) is 2.29. The van der Waals surface area contributed by atoms with Crippen LogP contribution in [0.25, 0.3) is 0 Å². The van der Waals surface area contributed by atoms with Gasteiger partial charge in [0.25, 0.3) is 0 Å². The van der Waals surface area contributed by atoms with E-state index in [1.54, 1.807) is 37.4 Å². The number of amides is 1. The summed E-state index contributed by atoms with van der Waals surface area (Å²) in [6.45, 7) is 0. The van der Waals surface area contributed by atoms with Crippen LogP contribution in [0.15, 0.2) is 47.1 Å². The van der Waals surface area contributed by atoms with E-state index in [0.29, 0.717) is 16.5 Å². The van der Waals surface area contributed by atoms with Gasteiger partial charge in [-0.25, -0.2) is 0 Å². The maximum Gasteiger partial charge on any atom is 0.317 e. The highest BCUT2D eigenvalue weighted by atomic mass is 16.5. The Labute approximate surface area is 97.8 Å². The van der Waals surface area contributed by atoms with E-state index in [9.17, 15) is 10.0 Å². The summed E-state index contributed by atoms with van der Waals surface area (Å²) in [6, 6.07) is 9.49. The number of anilines is 1. The highest BCUT2D eigenvalue weighted by Crippen LogP contribution is 2.19. The lowest BCUT2D eigenvalue weighted by molar-refractivity contribution is 0.0826. The molecule has 2 aromatic rings. The average Bonchev–Trinajstić information content (AvgIpc) is 2.91. The summed E-state index contributed by atoms with van der Waals surface area (Å²) in [5, 5.41) is 10.2. The molecule has 1 aromatic heterocycles. The molecule has 17 heavy (non-hydrogen) atoms. The van der Waals surface area contributed by atoms with Crippen molar-refractivity contribution in [2.75, 3.05) is 12.2 Å². The van der Waals surface area contributed by atoms with E-state index < -0.39 is 5.91 Å². The van der Waals surface area contributed by atoms with Gasteiger partial charge in [0.15, 0.2) is 5.76 Å². The summed E-state index contributed by atoms with van der Waals surface area (Å²) in [5.41, 5.74) is 0.340. The van der Waals surface area contributed by atoms with Gasteiger partial charge in [-0.1, -0.05) is 0 Å². The van der Waals surface area contributed by atoms with E-state index in [-0.39, 0.29) is 5.76 Å². The second kappa shape index (κ2) is 4.71. The van der Waals surface area contributed by atoms with Crippen molar-refractivity contribution >= 4 is 11.6 Å². The fraction of sp³-hybridized carbons (Fsp3) is 0.0833. The van der Waals surface area contributed by atoms with E-state index in [1.807, 2.05) is 0 Å². The van der Waals surface area contributed by atoms with Crippen molar-refractivity contribution in [3.8, 4) is 5.75 Å². The Kier molecular flexibility index (Phi) is 3.11. The molecule has 0 aliphatic heterocycles. The van der Waals surface area contributed by atoms with Crippen LogP contribution in [0.1, 0.15) is 10.6 Å². The van der Waals surface area contributed by atoms with Crippen molar-refractivity contribution in [3.63, 3.8) is 0 Å². The van der Waals surface area contributed by atoms with Crippen LogP contribution in [-0.2, 0) is 0 Å².